The lowest BCUT2D eigenvalue weighted by Gasteiger charge is -2.55. The number of fused-ring (bicyclic) bond motifs is 1. The molecule has 0 heterocycles. The molecule has 1 saturated carbocycles. The van der Waals surface area contributed by atoms with Gasteiger partial charge in [-0.2, -0.15) is 0 Å². The summed E-state index contributed by atoms with van der Waals surface area (Å²) in [5, 5.41) is 21.3. The number of hydrogen-bond donors (Lipinski definition) is 2. The lowest BCUT2D eigenvalue weighted by Crippen LogP contribution is -2.59. The van der Waals surface area contributed by atoms with Crippen molar-refractivity contribution in [1.82, 2.24) is 0 Å². The maximum atomic E-state index is 10.7. The molecule has 0 bridgehead atoms. The topological polar surface area (TPSA) is 40.5 Å². The van der Waals surface area contributed by atoms with Crippen LogP contribution < -0.4 is 0 Å². The van der Waals surface area contributed by atoms with Crippen LogP contribution in [0.5, 0.6) is 0 Å². The van der Waals surface area contributed by atoms with E-state index in [0.29, 0.717) is 0 Å². The van der Waals surface area contributed by atoms with E-state index in [0.717, 1.165) is 25.7 Å². The molecule has 1 unspecified atom stereocenters. The molecule has 0 radical (unpaired) electrons. The molecule has 0 amide bonds. The van der Waals surface area contributed by atoms with Crippen LogP contribution >= 0.6 is 0 Å². The van der Waals surface area contributed by atoms with Crippen LogP contribution in [0.25, 0.3) is 0 Å². The van der Waals surface area contributed by atoms with E-state index in [1.165, 1.54) is 5.57 Å². The first-order valence-electron chi connectivity index (χ1n) is 6.88. The highest BCUT2D eigenvalue weighted by atomic mass is 16.3. The zero-order valence-corrected chi connectivity index (χ0v) is 11.5. The Labute approximate surface area is 105 Å². The van der Waals surface area contributed by atoms with Gasteiger partial charge in [0.2, 0.25) is 0 Å². The summed E-state index contributed by atoms with van der Waals surface area (Å²) in [6.07, 6.45) is 5.63. The molecule has 0 saturated heterocycles. The van der Waals surface area contributed by atoms with Gasteiger partial charge in [0.1, 0.15) is 0 Å². The van der Waals surface area contributed by atoms with E-state index in [1.807, 2.05) is 13.8 Å². The molecule has 4 atom stereocenters. The fourth-order valence-electron chi connectivity index (χ4n) is 3.92. The second kappa shape index (κ2) is 4.10. The molecule has 0 aromatic carbocycles. The zero-order chi connectivity index (χ0) is 12.8. The van der Waals surface area contributed by atoms with E-state index >= 15 is 0 Å². The summed E-state index contributed by atoms with van der Waals surface area (Å²) in [4.78, 5) is 0. The third-order valence-corrected chi connectivity index (χ3v) is 5.35. The number of aliphatic hydroxyl groups excluding tert-OH is 1. The summed E-state index contributed by atoms with van der Waals surface area (Å²) < 4.78 is 0. The smallest absolute Gasteiger partial charge is 0.0934 e. The highest BCUT2D eigenvalue weighted by Crippen LogP contribution is 2.54. The van der Waals surface area contributed by atoms with Gasteiger partial charge in [-0.25, -0.2) is 0 Å². The van der Waals surface area contributed by atoms with Crippen LogP contribution in [0.15, 0.2) is 11.6 Å². The van der Waals surface area contributed by atoms with Crippen LogP contribution in [0.4, 0.5) is 0 Å². The van der Waals surface area contributed by atoms with Crippen molar-refractivity contribution in [3.05, 3.63) is 11.6 Å². The molecule has 2 nitrogen and oxygen atoms in total. The van der Waals surface area contributed by atoms with Crippen LogP contribution in [-0.4, -0.2) is 21.9 Å². The Hall–Kier alpha value is -0.340. The lowest BCUT2D eigenvalue weighted by molar-refractivity contribution is -0.178. The van der Waals surface area contributed by atoms with E-state index in [2.05, 4.69) is 19.9 Å². The fraction of sp³-hybridized carbons (Fsp3) is 0.867. The Morgan fingerprint density at radius 1 is 1.29 bits per heavy atom. The second-order valence-electron chi connectivity index (χ2n) is 6.71. The van der Waals surface area contributed by atoms with Gasteiger partial charge < -0.3 is 10.2 Å². The Morgan fingerprint density at radius 3 is 2.53 bits per heavy atom. The molecular weight excluding hydrogens is 212 g/mol. The summed E-state index contributed by atoms with van der Waals surface area (Å²) in [5.41, 5.74) is 0.542. The highest BCUT2D eigenvalue weighted by Gasteiger charge is 2.54. The molecule has 0 spiro atoms. The van der Waals surface area contributed by atoms with E-state index < -0.39 is 11.7 Å². The zero-order valence-electron chi connectivity index (χ0n) is 11.5. The van der Waals surface area contributed by atoms with Crippen molar-refractivity contribution < 1.29 is 10.2 Å². The van der Waals surface area contributed by atoms with E-state index in [9.17, 15) is 10.2 Å². The SMILES string of the molecule is CC1=CCCC2(C)CC[C@@](O)(C(C)C)[C@@H](O)[C@@H]12. The Balaban J connectivity index is 2.36. The molecule has 2 aliphatic carbocycles. The largest absolute Gasteiger partial charge is 0.389 e. The Kier molecular flexibility index (Phi) is 3.16. The van der Waals surface area contributed by atoms with Crippen LogP contribution in [0.3, 0.4) is 0 Å². The van der Waals surface area contributed by atoms with Crippen LogP contribution in [0.1, 0.15) is 53.4 Å². The number of aliphatic hydroxyl groups is 2. The van der Waals surface area contributed by atoms with Gasteiger partial charge in [0, 0.05) is 5.92 Å². The minimum absolute atomic E-state index is 0.108. The molecule has 17 heavy (non-hydrogen) atoms. The Morgan fingerprint density at radius 2 is 1.94 bits per heavy atom. The van der Waals surface area contributed by atoms with Crippen molar-refractivity contribution in [2.24, 2.45) is 17.3 Å². The predicted molar refractivity (Wildman–Crippen MR) is 69.6 cm³/mol. The molecule has 2 aliphatic rings. The van der Waals surface area contributed by atoms with E-state index in [1.54, 1.807) is 0 Å². The van der Waals surface area contributed by atoms with E-state index in [-0.39, 0.29) is 17.3 Å². The maximum absolute atomic E-state index is 10.7. The first kappa shape index (κ1) is 13.1. The predicted octanol–water partition coefficient (Wildman–Crippen LogP) is 2.89. The number of allylic oxidation sites excluding steroid dienone is 1. The van der Waals surface area contributed by atoms with Gasteiger partial charge in [-0.05, 0) is 43.9 Å². The molecule has 0 aliphatic heterocycles. The van der Waals surface area contributed by atoms with Gasteiger partial charge in [-0.15, -0.1) is 0 Å². The van der Waals surface area contributed by atoms with Gasteiger partial charge >= 0.3 is 0 Å². The quantitative estimate of drug-likeness (QED) is 0.690. The van der Waals surface area contributed by atoms with Gasteiger partial charge in [0.25, 0.3) is 0 Å². The molecular formula is C15H26O2. The summed E-state index contributed by atoms with van der Waals surface area (Å²) in [5.74, 6) is 0.245. The van der Waals surface area contributed by atoms with Crippen molar-refractivity contribution in [3.8, 4) is 0 Å². The summed E-state index contributed by atoms with van der Waals surface area (Å²) in [7, 11) is 0. The second-order valence-corrected chi connectivity index (χ2v) is 6.71. The highest BCUT2D eigenvalue weighted by molar-refractivity contribution is 5.20. The third kappa shape index (κ3) is 1.86. The van der Waals surface area contributed by atoms with Crippen LogP contribution in [0.2, 0.25) is 0 Å². The molecule has 0 aromatic rings. The van der Waals surface area contributed by atoms with Crippen molar-refractivity contribution in [3.63, 3.8) is 0 Å². The van der Waals surface area contributed by atoms with Gasteiger partial charge in [-0.1, -0.05) is 32.4 Å². The fourth-order valence-corrected chi connectivity index (χ4v) is 3.92. The summed E-state index contributed by atoms with van der Waals surface area (Å²) in [6.45, 7) is 8.40. The maximum Gasteiger partial charge on any atom is 0.0934 e. The van der Waals surface area contributed by atoms with E-state index in [4.69, 9.17) is 0 Å². The standard InChI is InChI=1S/C15H26O2/c1-10(2)15(17)9-8-14(4)7-5-6-11(3)12(14)13(15)16/h6,10,12-13,16-17H,5,7-9H2,1-4H3/t12-,13+,14?,15-/m1/s1. The molecule has 2 rings (SSSR count). The summed E-state index contributed by atoms with van der Waals surface area (Å²) in [6, 6.07) is 0. The third-order valence-electron chi connectivity index (χ3n) is 5.35. The average Bonchev–Trinajstić information content (AvgIpc) is 2.24. The monoisotopic (exact) mass is 238 g/mol. The summed E-state index contributed by atoms with van der Waals surface area (Å²) >= 11 is 0. The van der Waals surface area contributed by atoms with Crippen molar-refractivity contribution >= 4 is 0 Å². The molecule has 2 heteroatoms. The number of rotatable bonds is 1. The molecule has 1 fully saturated rings. The number of hydrogen-bond acceptors (Lipinski definition) is 2. The first-order valence-corrected chi connectivity index (χ1v) is 6.88. The van der Waals surface area contributed by atoms with Crippen molar-refractivity contribution in [2.75, 3.05) is 0 Å². The normalized spacial score (nSPS) is 46.6. The average molecular weight is 238 g/mol. The van der Waals surface area contributed by atoms with Crippen LogP contribution in [0, 0.1) is 17.3 Å². The molecule has 2 N–H and O–H groups in total. The van der Waals surface area contributed by atoms with Crippen LogP contribution in [-0.2, 0) is 0 Å². The van der Waals surface area contributed by atoms with Gasteiger partial charge in [0.15, 0.2) is 0 Å². The van der Waals surface area contributed by atoms with Gasteiger partial charge in [-0.3, -0.25) is 0 Å². The Bertz CT molecular complexity index is 334. The first-order chi connectivity index (χ1) is 7.81. The molecule has 98 valence electrons. The minimum atomic E-state index is -0.906. The molecule has 0 aromatic heterocycles. The lowest BCUT2D eigenvalue weighted by atomic mass is 9.54. The van der Waals surface area contributed by atoms with Crippen molar-refractivity contribution in [2.45, 2.75) is 65.1 Å². The van der Waals surface area contributed by atoms with Crippen molar-refractivity contribution in [1.29, 1.82) is 0 Å². The van der Waals surface area contributed by atoms with Gasteiger partial charge in [0.05, 0.1) is 11.7 Å². The minimum Gasteiger partial charge on any atom is -0.389 e.